The lowest BCUT2D eigenvalue weighted by Crippen LogP contribution is -2.49. The van der Waals surface area contributed by atoms with Gasteiger partial charge in [0, 0.05) is 26.2 Å². The van der Waals surface area contributed by atoms with E-state index in [1.807, 2.05) is 32.6 Å². The van der Waals surface area contributed by atoms with Gasteiger partial charge in [-0.2, -0.15) is 0 Å². The standard InChI is InChI=1S/C13H26N2O2.C2H6/c1-11(2)5-6-14-7-9-15(10-8-14)13(16)17-12(3)4;1-2/h11-12H,5-10H2,1-4H3;1-2H3. The molecular formula is C15H32N2O2. The van der Waals surface area contributed by atoms with Gasteiger partial charge in [0.25, 0.3) is 0 Å². The molecule has 0 unspecified atom stereocenters. The topological polar surface area (TPSA) is 32.8 Å². The van der Waals surface area contributed by atoms with Crippen molar-refractivity contribution in [3.05, 3.63) is 0 Å². The Hall–Kier alpha value is -0.770. The van der Waals surface area contributed by atoms with Crippen LogP contribution in [0.1, 0.15) is 48.0 Å². The van der Waals surface area contributed by atoms with Gasteiger partial charge in [-0.1, -0.05) is 27.7 Å². The molecule has 1 saturated heterocycles. The summed E-state index contributed by atoms with van der Waals surface area (Å²) >= 11 is 0. The van der Waals surface area contributed by atoms with Crippen LogP contribution in [0, 0.1) is 5.92 Å². The van der Waals surface area contributed by atoms with Crippen molar-refractivity contribution in [2.45, 2.75) is 54.1 Å². The first-order valence-corrected chi connectivity index (χ1v) is 7.67. The molecule has 1 heterocycles. The quantitative estimate of drug-likeness (QED) is 0.787. The molecule has 1 fully saturated rings. The van der Waals surface area contributed by atoms with Gasteiger partial charge >= 0.3 is 6.09 Å². The number of ether oxygens (including phenoxy) is 1. The third-order valence-corrected chi connectivity index (χ3v) is 2.99. The predicted molar refractivity (Wildman–Crippen MR) is 80.4 cm³/mol. The van der Waals surface area contributed by atoms with E-state index in [1.165, 1.54) is 6.42 Å². The van der Waals surface area contributed by atoms with E-state index in [2.05, 4.69) is 18.7 Å². The minimum absolute atomic E-state index is 0.0264. The van der Waals surface area contributed by atoms with Gasteiger partial charge in [-0.05, 0) is 32.7 Å². The molecule has 0 radical (unpaired) electrons. The molecule has 0 aromatic rings. The molecule has 0 aromatic heterocycles. The van der Waals surface area contributed by atoms with E-state index in [0.717, 1.165) is 38.6 Å². The van der Waals surface area contributed by atoms with E-state index in [4.69, 9.17) is 4.74 Å². The van der Waals surface area contributed by atoms with Crippen LogP contribution in [0.15, 0.2) is 0 Å². The Morgan fingerprint density at radius 2 is 1.58 bits per heavy atom. The third-order valence-electron chi connectivity index (χ3n) is 2.99. The highest BCUT2D eigenvalue weighted by Crippen LogP contribution is 2.08. The maximum absolute atomic E-state index is 11.7. The second kappa shape index (κ2) is 10.1. The van der Waals surface area contributed by atoms with E-state index < -0.39 is 0 Å². The number of piperazine rings is 1. The van der Waals surface area contributed by atoms with Crippen molar-refractivity contribution < 1.29 is 9.53 Å². The molecule has 4 nitrogen and oxygen atoms in total. The minimum Gasteiger partial charge on any atom is -0.447 e. The average molecular weight is 272 g/mol. The van der Waals surface area contributed by atoms with Crippen LogP contribution in [-0.4, -0.2) is 54.7 Å². The van der Waals surface area contributed by atoms with E-state index in [1.54, 1.807) is 0 Å². The Morgan fingerprint density at radius 3 is 2.00 bits per heavy atom. The van der Waals surface area contributed by atoms with Crippen LogP contribution in [0.25, 0.3) is 0 Å². The molecule has 1 amide bonds. The Balaban J connectivity index is 0.00000154. The molecule has 0 spiro atoms. The van der Waals surface area contributed by atoms with Crippen LogP contribution in [0.4, 0.5) is 4.79 Å². The molecule has 0 saturated carbocycles. The molecule has 0 N–H and O–H groups in total. The summed E-state index contributed by atoms with van der Waals surface area (Å²) < 4.78 is 5.19. The first-order valence-electron chi connectivity index (χ1n) is 7.67. The van der Waals surface area contributed by atoms with Gasteiger partial charge < -0.3 is 9.64 Å². The smallest absolute Gasteiger partial charge is 0.410 e. The van der Waals surface area contributed by atoms with Crippen LogP contribution >= 0.6 is 0 Å². The fraction of sp³-hybridized carbons (Fsp3) is 0.933. The summed E-state index contributed by atoms with van der Waals surface area (Å²) in [6.45, 7) is 16.9. The van der Waals surface area contributed by atoms with Crippen molar-refractivity contribution in [3.8, 4) is 0 Å². The fourth-order valence-corrected chi connectivity index (χ4v) is 1.87. The number of amides is 1. The summed E-state index contributed by atoms with van der Waals surface area (Å²) in [6, 6.07) is 0. The number of carbonyl (C=O) groups excluding carboxylic acids is 1. The summed E-state index contributed by atoms with van der Waals surface area (Å²) in [5.74, 6) is 0.749. The zero-order valence-electron chi connectivity index (χ0n) is 13.6. The molecule has 19 heavy (non-hydrogen) atoms. The number of nitrogens with zero attached hydrogens (tertiary/aromatic N) is 2. The monoisotopic (exact) mass is 272 g/mol. The van der Waals surface area contributed by atoms with Gasteiger partial charge in [-0.15, -0.1) is 0 Å². The van der Waals surface area contributed by atoms with Crippen molar-refractivity contribution >= 4 is 6.09 Å². The van der Waals surface area contributed by atoms with E-state index in [0.29, 0.717) is 0 Å². The SMILES string of the molecule is CC.CC(C)CCN1CCN(C(=O)OC(C)C)CC1. The first kappa shape index (κ1) is 18.2. The molecular weight excluding hydrogens is 240 g/mol. The average Bonchev–Trinajstić information content (AvgIpc) is 2.38. The minimum atomic E-state index is -0.163. The molecule has 0 bridgehead atoms. The van der Waals surface area contributed by atoms with Crippen molar-refractivity contribution in [2.75, 3.05) is 32.7 Å². The van der Waals surface area contributed by atoms with E-state index >= 15 is 0 Å². The molecule has 1 aliphatic heterocycles. The third kappa shape index (κ3) is 8.09. The number of hydrogen-bond acceptors (Lipinski definition) is 3. The fourth-order valence-electron chi connectivity index (χ4n) is 1.87. The van der Waals surface area contributed by atoms with Gasteiger partial charge in [-0.3, -0.25) is 4.90 Å². The summed E-state index contributed by atoms with van der Waals surface area (Å²) in [4.78, 5) is 15.9. The summed E-state index contributed by atoms with van der Waals surface area (Å²) in [6.07, 6.45) is 1.04. The summed E-state index contributed by atoms with van der Waals surface area (Å²) in [5.41, 5.74) is 0. The van der Waals surface area contributed by atoms with Gasteiger partial charge in [0.05, 0.1) is 6.10 Å². The highest BCUT2D eigenvalue weighted by atomic mass is 16.6. The lowest BCUT2D eigenvalue weighted by molar-refractivity contribution is 0.0564. The van der Waals surface area contributed by atoms with Crippen LogP contribution in [0.5, 0.6) is 0 Å². The highest BCUT2D eigenvalue weighted by molar-refractivity contribution is 5.67. The molecule has 4 heteroatoms. The van der Waals surface area contributed by atoms with Crippen LogP contribution in [-0.2, 0) is 4.74 Å². The Labute approximate surface area is 119 Å². The number of rotatable bonds is 4. The van der Waals surface area contributed by atoms with E-state index in [9.17, 15) is 4.79 Å². The molecule has 1 rings (SSSR count). The van der Waals surface area contributed by atoms with Crippen molar-refractivity contribution in [3.63, 3.8) is 0 Å². The van der Waals surface area contributed by atoms with Crippen molar-refractivity contribution in [1.82, 2.24) is 9.80 Å². The van der Waals surface area contributed by atoms with Crippen LogP contribution in [0.3, 0.4) is 0 Å². The van der Waals surface area contributed by atoms with Crippen LogP contribution < -0.4 is 0 Å². The molecule has 0 atom stereocenters. The van der Waals surface area contributed by atoms with Gasteiger partial charge in [0.1, 0.15) is 0 Å². The number of carbonyl (C=O) groups is 1. The van der Waals surface area contributed by atoms with Gasteiger partial charge in [0.2, 0.25) is 0 Å². The largest absolute Gasteiger partial charge is 0.447 e. The van der Waals surface area contributed by atoms with Crippen LogP contribution in [0.2, 0.25) is 0 Å². The zero-order valence-corrected chi connectivity index (χ0v) is 13.6. The Kier molecular flexibility index (Phi) is 9.66. The normalized spacial score (nSPS) is 16.3. The maximum atomic E-state index is 11.7. The second-order valence-corrected chi connectivity index (χ2v) is 5.44. The van der Waals surface area contributed by atoms with Gasteiger partial charge in [0.15, 0.2) is 0 Å². The summed E-state index contributed by atoms with van der Waals surface area (Å²) in [7, 11) is 0. The first-order chi connectivity index (χ1) is 8.99. The second-order valence-electron chi connectivity index (χ2n) is 5.44. The summed E-state index contributed by atoms with van der Waals surface area (Å²) in [5, 5.41) is 0. The van der Waals surface area contributed by atoms with Gasteiger partial charge in [-0.25, -0.2) is 4.79 Å². The number of hydrogen-bond donors (Lipinski definition) is 0. The van der Waals surface area contributed by atoms with E-state index in [-0.39, 0.29) is 12.2 Å². The maximum Gasteiger partial charge on any atom is 0.410 e. The lowest BCUT2D eigenvalue weighted by atomic mass is 10.1. The lowest BCUT2D eigenvalue weighted by Gasteiger charge is -2.34. The molecule has 0 aliphatic carbocycles. The molecule has 1 aliphatic rings. The zero-order chi connectivity index (χ0) is 14.8. The highest BCUT2D eigenvalue weighted by Gasteiger charge is 2.22. The predicted octanol–water partition coefficient (Wildman–Crippen LogP) is 3.22. The Bertz CT molecular complexity index is 234. The molecule has 114 valence electrons. The Morgan fingerprint density at radius 1 is 1.05 bits per heavy atom. The van der Waals surface area contributed by atoms with Crippen molar-refractivity contribution in [2.24, 2.45) is 5.92 Å². The molecule has 0 aromatic carbocycles. The van der Waals surface area contributed by atoms with Crippen molar-refractivity contribution in [1.29, 1.82) is 0 Å².